The molecule has 0 heterocycles. The molecule has 158 valence electrons. The molecule has 2 rings (SSSR count). The van der Waals surface area contributed by atoms with Gasteiger partial charge in [-0.3, -0.25) is 9.59 Å². The summed E-state index contributed by atoms with van der Waals surface area (Å²) in [6.07, 6.45) is 0. The highest BCUT2D eigenvalue weighted by atomic mass is 35.5. The Kier molecular flexibility index (Phi) is 8.18. The molecule has 0 atom stereocenters. The summed E-state index contributed by atoms with van der Waals surface area (Å²) in [5.41, 5.74) is 7.22. The molecule has 0 fully saturated rings. The van der Waals surface area contributed by atoms with Crippen LogP contribution in [0.4, 0.5) is 10.5 Å². The summed E-state index contributed by atoms with van der Waals surface area (Å²) in [5, 5.41) is 7.95. The van der Waals surface area contributed by atoms with Crippen LogP contribution in [0.1, 0.15) is 21.5 Å². The minimum Gasteiger partial charge on any atom is -0.452 e. The van der Waals surface area contributed by atoms with Gasteiger partial charge in [-0.05, 0) is 42.3 Å². The van der Waals surface area contributed by atoms with Gasteiger partial charge in [0.25, 0.3) is 5.91 Å². The van der Waals surface area contributed by atoms with E-state index in [-0.39, 0.29) is 18.7 Å². The van der Waals surface area contributed by atoms with Crippen LogP contribution >= 0.6 is 11.6 Å². The van der Waals surface area contributed by atoms with Crippen LogP contribution in [0, 0.1) is 6.92 Å². The molecule has 2 aromatic rings. The molecular formula is C20H21ClN4O5. The minimum atomic E-state index is -0.696. The quantitative estimate of drug-likeness (QED) is 0.470. The van der Waals surface area contributed by atoms with E-state index in [1.807, 2.05) is 0 Å². The lowest BCUT2D eigenvalue weighted by Crippen LogP contribution is -2.35. The van der Waals surface area contributed by atoms with Gasteiger partial charge in [-0.1, -0.05) is 29.8 Å². The fraction of sp³-hybridized carbons (Fsp3) is 0.200. The highest BCUT2D eigenvalue weighted by Crippen LogP contribution is 2.22. The van der Waals surface area contributed by atoms with E-state index in [0.717, 1.165) is 5.56 Å². The number of benzene rings is 2. The number of hydrogen-bond acceptors (Lipinski definition) is 5. The van der Waals surface area contributed by atoms with Gasteiger partial charge in [0, 0.05) is 17.3 Å². The number of primary amides is 1. The molecule has 0 aliphatic rings. The maximum atomic E-state index is 12.0. The smallest absolute Gasteiger partial charge is 0.338 e. The van der Waals surface area contributed by atoms with Gasteiger partial charge >= 0.3 is 12.0 Å². The average Bonchev–Trinajstić information content (AvgIpc) is 2.72. The van der Waals surface area contributed by atoms with Crippen LogP contribution < -0.4 is 21.7 Å². The summed E-state index contributed by atoms with van der Waals surface area (Å²) in [4.78, 5) is 46.4. The number of nitrogens with two attached hydrogens (primary N) is 1. The largest absolute Gasteiger partial charge is 0.452 e. The van der Waals surface area contributed by atoms with Crippen molar-refractivity contribution in [3.05, 3.63) is 64.2 Å². The normalized spacial score (nSPS) is 10.1. The van der Waals surface area contributed by atoms with Crippen molar-refractivity contribution in [3.63, 3.8) is 0 Å². The average molecular weight is 433 g/mol. The van der Waals surface area contributed by atoms with E-state index in [1.54, 1.807) is 37.3 Å². The van der Waals surface area contributed by atoms with Gasteiger partial charge in [-0.15, -0.1) is 0 Å². The Hall–Kier alpha value is -3.59. The number of halogens is 1. The Balaban J connectivity index is 1.74. The lowest BCUT2D eigenvalue weighted by Gasteiger charge is -2.10. The minimum absolute atomic E-state index is 0.226. The summed E-state index contributed by atoms with van der Waals surface area (Å²) < 4.78 is 4.92. The van der Waals surface area contributed by atoms with Gasteiger partial charge < -0.3 is 26.4 Å². The van der Waals surface area contributed by atoms with Crippen LogP contribution in [-0.2, 0) is 20.9 Å². The molecule has 0 radical (unpaired) electrons. The number of carbonyl (C=O) groups excluding carboxylic acids is 4. The van der Waals surface area contributed by atoms with Crippen molar-refractivity contribution in [1.29, 1.82) is 0 Å². The van der Waals surface area contributed by atoms with E-state index in [1.165, 1.54) is 12.1 Å². The van der Waals surface area contributed by atoms with Gasteiger partial charge in [-0.25, -0.2) is 9.59 Å². The van der Waals surface area contributed by atoms with Gasteiger partial charge in [0.05, 0.1) is 12.1 Å². The molecule has 30 heavy (non-hydrogen) atoms. The van der Waals surface area contributed by atoms with Crippen molar-refractivity contribution in [1.82, 2.24) is 10.6 Å². The second-order valence-corrected chi connectivity index (χ2v) is 6.64. The molecule has 10 heteroatoms. The number of rotatable bonds is 8. The number of amides is 4. The molecular weight excluding hydrogens is 412 g/mol. The first-order chi connectivity index (χ1) is 14.3. The molecule has 9 nitrogen and oxygen atoms in total. The molecule has 0 aliphatic carbocycles. The molecule has 5 N–H and O–H groups in total. The molecule has 0 saturated heterocycles. The molecule has 0 aromatic heterocycles. The third-order valence-corrected chi connectivity index (χ3v) is 4.39. The summed E-state index contributed by atoms with van der Waals surface area (Å²) in [5.74, 6) is -1.76. The van der Waals surface area contributed by atoms with E-state index >= 15 is 0 Å². The van der Waals surface area contributed by atoms with Gasteiger partial charge in [-0.2, -0.15) is 0 Å². The van der Waals surface area contributed by atoms with Crippen molar-refractivity contribution < 1.29 is 23.9 Å². The standard InChI is InChI=1S/C20H21ClN4O5/c1-12-15(21)3-2-4-16(12)25-17(26)10-23-18(27)11-30-19(28)14-7-5-13(6-8-14)9-24-20(22)29/h2-8H,9-11H2,1H3,(H,23,27)(H,25,26)(H3,22,24,29). The summed E-state index contributed by atoms with van der Waals surface area (Å²) in [6.45, 7) is 1.16. The molecule has 0 spiro atoms. The number of nitrogens with one attached hydrogen (secondary N) is 3. The van der Waals surface area contributed by atoms with Gasteiger partial charge in [0.1, 0.15) is 0 Å². The van der Waals surface area contributed by atoms with Crippen molar-refractivity contribution >= 4 is 41.1 Å². The van der Waals surface area contributed by atoms with E-state index in [9.17, 15) is 19.2 Å². The second kappa shape index (κ2) is 10.8. The van der Waals surface area contributed by atoms with Crippen LogP contribution in [0.25, 0.3) is 0 Å². The summed E-state index contributed by atoms with van der Waals surface area (Å²) in [7, 11) is 0. The highest BCUT2D eigenvalue weighted by molar-refractivity contribution is 6.31. The molecule has 2 aromatic carbocycles. The Bertz CT molecular complexity index is 947. The number of hydrogen-bond donors (Lipinski definition) is 4. The van der Waals surface area contributed by atoms with Crippen LogP contribution in [-0.4, -0.2) is 37.0 Å². The predicted octanol–water partition coefficient (Wildman–Crippen LogP) is 1.73. The molecule has 4 amide bonds. The fourth-order valence-electron chi connectivity index (χ4n) is 2.33. The van der Waals surface area contributed by atoms with E-state index in [2.05, 4.69) is 16.0 Å². The van der Waals surface area contributed by atoms with E-state index < -0.39 is 30.4 Å². The number of carbonyl (C=O) groups is 4. The zero-order valence-corrected chi connectivity index (χ0v) is 16.9. The molecule has 0 saturated carbocycles. The first-order valence-corrected chi connectivity index (χ1v) is 9.25. The van der Waals surface area contributed by atoms with Crippen molar-refractivity contribution in [2.45, 2.75) is 13.5 Å². The molecule has 0 unspecified atom stereocenters. The SMILES string of the molecule is Cc1c(Cl)cccc1NC(=O)CNC(=O)COC(=O)c1ccc(CNC(N)=O)cc1. The lowest BCUT2D eigenvalue weighted by atomic mass is 10.1. The topological polar surface area (TPSA) is 140 Å². The Morgan fingerprint density at radius 2 is 1.70 bits per heavy atom. The molecule has 0 bridgehead atoms. The first kappa shape index (κ1) is 22.7. The Morgan fingerprint density at radius 1 is 1.00 bits per heavy atom. The number of ether oxygens (including phenoxy) is 1. The number of urea groups is 1. The predicted molar refractivity (Wildman–Crippen MR) is 111 cm³/mol. The van der Waals surface area contributed by atoms with Crippen LogP contribution in [0.2, 0.25) is 5.02 Å². The Labute approximate surface area is 177 Å². The lowest BCUT2D eigenvalue weighted by molar-refractivity contribution is -0.126. The third kappa shape index (κ3) is 7.10. The first-order valence-electron chi connectivity index (χ1n) is 8.87. The maximum absolute atomic E-state index is 12.0. The van der Waals surface area contributed by atoms with E-state index in [4.69, 9.17) is 22.1 Å². The number of esters is 1. The van der Waals surface area contributed by atoms with Crippen LogP contribution in [0.3, 0.4) is 0 Å². The van der Waals surface area contributed by atoms with Crippen molar-refractivity contribution in [2.24, 2.45) is 5.73 Å². The maximum Gasteiger partial charge on any atom is 0.338 e. The van der Waals surface area contributed by atoms with Gasteiger partial charge in [0.2, 0.25) is 5.91 Å². The summed E-state index contributed by atoms with van der Waals surface area (Å²) in [6, 6.07) is 10.7. The monoisotopic (exact) mass is 432 g/mol. The molecule has 0 aliphatic heterocycles. The Morgan fingerprint density at radius 3 is 2.37 bits per heavy atom. The third-order valence-electron chi connectivity index (χ3n) is 3.98. The summed E-state index contributed by atoms with van der Waals surface area (Å²) >= 11 is 5.99. The van der Waals surface area contributed by atoms with Crippen molar-refractivity contribution in [3.8, 4) is 0 Å². The van der Waals surface area contributed by atoms with Crippen molar-refractivity contribution in [2.75, 3.05) is 18.5 Å². The van der Waals surface area contributed by atoms with Gasteiger partial charge in [0.15, 0.2) is 6.61 Å². The highest BCUT2D eigenvalue weighted by Gasteiger charge is 2.12. The van der Waals surface area contributed by atoms with E-state index in [0.29, 0.717) is 16.3 Å². The van der Waals surface area contributed by atoms with Crippen LogP contribution in [0.15, 0.2) is 42.5 Å². The zero-order valence-electron chi connectivity index (χ0n) is 16.2. The van der Waals surface area contributed by atoms with Crippen LogP contribution in [0.5, 0.6) is 0 Å². The number of anilines is 1. The zero-order chi connectivity index (χ0) is 22.1. The second-order valence-electron chi connectivity index (χ2n) is 6.23. The fourth-order valence-corrected chi connectivity index (χ4v) is 2.50.